The highest BCUT2D eigenvalue weighted by atomic mass is 16.5. The van der Waals surface area contributed by atoms with Crippen molar-refractivity contribution < 1.29 is 9.53 Å². The number of aryl methyl sites for hydroxylation is 2. The number of hydrogen-bond donors (Lipinski definition) is 0. The van der Waals surface area contributed by atoms with Gasteiger partial charge in [0.05, 0.1) is 35.3 Å². The molecule has 186 valence electrons. The van der Waals surface area contributed by atoms with Gasteiger partial charge >= 0.3 is 0 Å². The zero-order valence-electron chi connectivity index (χ0n) is 21.2. The van der Waals surface area contributed by atoms with E-state index in [0.29, 0.717) is 18.9 Å². The quantitative estimate of drug-likeness (QED) is 0.428. The molecule has 0 saturated carbocycles. The van der Waals surface area contributed by atoms with Gasteiger partial charge in [-0.1, -0.05) is 19.1 Å². The Morgan fingerprint density at radius 1 is 1.14 bits per heavy atom. The van der Waals surface area contributed by atoms with Crippen LogP contribution in [0.5, 0.6) is 0 Å². The lowest BCUT2D eigenvalue weighted by Gasteiger charge is -2.31. The molecule has 1 amide bonds. The Morgan fingerprint density at radius 2 is 1.97 bits per heavy atom. The second-order valence-electron chi connectivity index (χ2n) is 9.90. The van der Waals surface area contributed by atoms with Crippen LogP contribution in [0.4, 0.5) is 0 Å². The Balaban J connectivity index is 1.50. The van der Waals surface area contributed by atoms with Crippen LogP contribution in [0.25, 0.3) is 33.4 Å². The number of ether oxygens (including phenoxy) is 1. The molecule has 0 unspecified atom stereocenters. The molecule has 4 aromatic rings. The van der Waals surface area contributed by atoms with E-state index in [0.717, 1.165) is 89.6 Å². The average molecular weight is 485 g/mol. The molecule has 8 heteroatoms. The summed E-state index contributed by atoms with van der Waals surface area (Å²) in [6, 6.07) is 8.49. The van der Waals surface area contributed by atoms with E-state index < -0.39 is 0 Å². The number of fused-ring (bicyclic) bond motifs is 2. The molecule has 5 heterocycles. The van der Waals surface area contributed by atoms with Gasteiger partial charge in [-0.15, -0.1) is 0 Å². The first-order valence-corrected chi connectivity index (χ1v) is 12.9. The number of carbonyl (C=O) groups excluding carboxylic acids is 1. The summed E-state index contributed by atoms with van der Waals surface area (Å²) >= 11 is 0. The highest BCUT2D eigenvalue weighted by Crippen LogP contribution is 2.38. The Bertz CT molecular complexity index is 1450. The molecule has 0 radical (unpaired) electrons. The van der Waals surface area contributed by atoms with Crippen LogP contribution in [0.2, 0.25) is 0 Å². The average Bonchev–Trinajstić information content (AvgIpc) is 3.51. The predicted octanol–water partition coefficient (Wildman–Crippen LogP) is 4.45. The molecule has 2 aliphatic rings. The van der Waals surface area contributed by atoms with E-state index in [2.05, 4.69) is 40.9 Å². The third-order valence-electron chi connectivity index (χ3n) is 7.56. The summed E-state index contributed by atoms with van der Waals surface area (Å²) < 4.78 is 9.82. The van der Waals surface area contributed by atoms with E-state index in [4.69, 9.17) is 14.7 Å². The Kier molecular flexibility index (Phi) is 5.84. The third kappa shape index (κ3) is 3.89. The van der Waals surface area contributed by atoms with Crippen molar-refractivity contribution in [1.29, 1.82) is 0 Å². The van der Waals surface area contributed by atoms with Crippen molar-refractivity contribution in [3.63, 3.8) is 0 Å². The van der Waals surface area contributed by atoms with Crippen molar-refractivity contribution in [1.82, 2.24) is 29.2 Å². The molecular formula is C28H32N6O2. The fourth-order valence-corrected chi connectivity index (χ4v) is 5.65. The summed E-state index contributed by atoms with van der Waals surface area (Å²) in [6.45, 7) is 7.69. The minimum absolute atomic E-state index is 0.192. The first-order chi connectivity index (χ1) is 17.5. The molecule has 36 heavy (non-hydrogen) atoms. The van der Waals surface area contributed by atoms with Crippen LogP contribution in [0, 0.1) is 6.92 Å². The van der Waals surface area contributed by atoms with Gasteiger partial charge in [0, 0.05) is 68.4 Å². The summed E-state index contributed by atoms with van der Waals surface area (Å²) in [5, 5.41) is 5.41. The molecule has 0 atom stereocenters. The number of pyridine rings is 1. The van der Waals surface area contributed by atoms with Gasteiger partial charge in [-0.3, -0.25) is 9.48 Å². The van der Waals surface area contributed by atoms with Crippen LogP contribution in [0.15, 0.2) is 36.7 Å². The van der Waals surface area contributed by atoms with Crippen molar-refractivity contribution in [3.8, 4) is 22.5 Å². The molecule has 6 rings (SSSR count). The summed E-state index contributed by atoms with van der Waals surface area (Å²) in [7, 11) is 1.92. The Hall–Kier alpha value is -3.52. The van der Waals surface area contributed by atoms with Crippen LogP contribution in [0.1, 0.15) is 49.2 Å². The van der Waals surface area contributed by atoms with E-state index in [1.165, 1.54) is 0 Å². The highest BCUT2D eigenvalue weighted by Gasteiger charge is 2.31. The maximum Gasteiger partial charge on any atom is 0.222 e. The number of amides is 1. The molecule has 3 aromatic heterocycles. The number of benzene rings is 1. The first kappa shape index (κ1) is 22.9. The number of carbonyl (C=O) groups is 1. The van der Waals surface area contributed by atoms with Gasteiger partial charge in [-0.2, -0.15) is 5.10 Å². The monoisotopic (exact) mass is 484 g/mol. The van der Waals surface area contributed by atoms with E-state index in [-0.39, 0.29) is 5.91 Å². The van der Waals surface area contributed by atoms with Crippen LogP contribution in [-0.4, -0.2) is 54.9 Å². The first-order valence-electron chi connectivity index (χ1n) is 12.9. The minimum Gasteiger partial charge on any atom is -0.381 e. The van der Waals surface area contributed by atoms with Crippen molar-refractivity contribution in [2.75, 3.05) is 19.8 Å². The van der Waals surface area contributed by atoms with Crippen LogP contribution in [0.3, 0.4) is 0 Å². The van der Waals surface area contributed by atoms with E-state index in [9.17, 15) is 4.79 Å². The van der Waals surface area contributed by atoms with Crippen molar-refractivity contribution >= 4 is 16.8 Å². The molecule has 0 aliphatic carbocycles. The van der Waals surface area contributed by atoms with Gasteiger partial charge in [0.25, 0.3) is 0 Å². The van der Waals surface area contributed by atoms with E-state index in [1.807, 2.05) is 31.3 Å². The van der Waals surface area contributed by atoms with Gasteiger partial charge in [-0.25, -0.2) is 9.97 Å². The number of aromatic nitrogens is 5. The molecule has 0 spiro atoms. The summed E-state index contributed by atoms with van der Waals surface area (Å²) in [5.74, 6) is 1.71. The van der Waals surface area contributed by atoms with Crippen molar-refractivity contribution in [2.45, 2.75) is 52.1 Å². The van der Waals surface area contributed by atoms with Gasteiger partial charge in [-0.05, 0) is 37.5 Å². The lowest BCUT2D eigenvalue weighted by molar-refractivity contribution is -0.132. The topological polar surface area (TPSA) is 78.1 Å². The molecule has 0 N–H and O–H groups in total. The molecule has 1 aromatic carbocycles. The molecule has 2 aliphatic heterocycles. The molecule has 0 bridgehead atoms. The van der Waals surface area contributed by atoms with Gasteiger partial charge in [0.2, 0.25) is 5.91 Å². The molecule has 8 nitrogen and oxygen atoms in total. The smallest absolute Gasteiger partial charge is 0.222 e. The fourth-order valence-electron chi connectivity index (χ4n) is 5.65. The third-order valence-corrected chi connectivity index (χ3v) is 7.56. The summed E-state index contributed by atoms with van der Waals surface area (Å²) in [6.07, 6.45) is 6.34. The maximum atomic E-state index is 12.6. The van der Waals surface area contributed by atoms with Gasteiger partial charge in [0.15, 0.2) is 0 Å². The Labute approximate surface area is 210 Å². The van der Waals surface area contributed by atoms with Gasteiger partial charge in [0.1, 0.15) is 5.82 Å². The zero-order valence-corrected chi connectivity index (χ0v) is 21.2. The number of imidazole rings is 1. The van der Waals surface area contributed by atoms with Crippen LogP contribution < -0.4 is 0 Å². The lowest BCUT2D eigenvalue weighted by atomic mass is 9.99. The van der Waals surface area contributed by atoms with Crippen molar-refractivity contribution in [3.05, 3.63) is 53.7 Å². The molecule has 1 saturated heterocycles. The standard InChI is InChI=1S/C28H32N6O2/c1-4-25(35)33-10-11-34-24(17-33)27(31-28(34)19-8-12-36-13-9-19)21-6-5-7-23-22(21)14-18(2)26(30-23)20-15-29-32(3)16-20/h5-7,14-16,19H,4,8-13,17H2,1-3H3. The minimum atomic E-state index is 0.192. The summed E-state index contributed by atoms with van der Waals surface area (Å²) in [5.41, 5.74) is 7.18. The van der Waals surface area contributed by atoms with E-state index >= 15 is 0 Å². The highest BCUT2D eigenvalue weighted by molar-refractivity contribution is 5.96. The maximum absolute atomic E-state index is 12.6. The number of rotatable bonds is 4. The SMILES string of the molecule is CCC(=O)N1CCn2c(C3CCOCC3)nc(-c3cccc4nc(-c5cnn(C)c5)c(C)cc34)c2C1. The second kappa shape index (κ2) is 9.17. The predicted molar refractivity (Wildman–Crippen MR) is 138 cm³/mol. The zero-order chi connectivity index (χ0) is 24.8. The number of nitrogens with zero attached hydrogens (tertiary/aromatic N) is 6. The lowest BCUT2D eigenvalue weighted by Crippen LogP contribution is -2.38. The van der Waals surface area contributed by atoms with Crippen molar-refractivity contribution in [2.24, 2.45) is 7.05 Å². The van der Waals surface area contributed by atoms with E-state index in [1.54, 1.807) is 4.68 Å². The fraction of sp³-hybridized carbons (Fsp3) is 0.429. The molecular weight excluding hydrogens is 452 g/mol. The van der Waals surface area contributed by atoms with Gasteiger partial charge < -0.3 is 14.2 Å². The number of hydrogen-bond acceptors (Lipinski definition) is 5. The second-order valence-corrected chi connectivity index (χ2v) is 9.90. The normalized spacial score (nSPS) is 16.5. The Morgan fingerprint density at radius 3 is 2.72 bits per heavy atom. The largest absolute Gasteiger partial charge is 0.381 e. The molecule has 1 fully saturated rings. The van der Waals surface area contributed by atoms with Crippen LogP contribution >= 0.6 is 0 Å². The van der Waals surface area contributed by atoms with Crippen LogP contribution in [-0.2, 0) is 29.7 Å². The summed E-state index contributed by atoms with van der Waals surface area (Å²) in [4.78, 5) is 24.9.